The van der Waals surface area contributed by atoms with Gasteiger partial charge in [-0.25, -0.2) is 4.79 Å². The van der Waals surface area contributed by atoms with Gasteiger partial charge in [0.15, 0.2) is 17.9 Å². The number of halogens is 4. The Morgan fingerprint density at radius 3 is 2.27 bits per heavy atom. The van der Waals surface area contributed by atoms with E-state index in [2.05, 4.69) is 20.9 Å². The number of ether oxygens (including phenoxy) is 4. The maximum absolute atomic E-state index is 13.6. The fraction of sp³-hybridized carbons (Fsp3) is 0.292. The molecule has 1 aliphatic heterocycles. The van der Waals surface area contributed by atoms with Gasteiger partial charge in [-0.2, -0.15) is 13.2 Å². The van der Waals surface area contributed by atoms with Crippen LogP contribution in [0.25, 0.3) is 0 Å². The van der Waals surface area contributed by atoms with E-state index in [-0.39, 0.29) is 51.7 Å². The second-order valence-corrected chi connectivity index (χ2v) is 16.9. The number of carbonyl (C=O) groups is 5. The SMILES string of the molecule is CNC(=O)c1cc(Oc2ccc(NC(=O)Nc3ccc(Cl)c(C(F)(F)F)c3)cc2)ccn1.COc1cccc2c1C(=O)c1c(O)c3c(c(O)c1C2=O)C[C@@](O)(C(=O)CO)C[C@@H]3O[C@H]1C[C@H](N)[C@H](O)[C@H](C)O1. The lowest BCUT2D eigenvalue weighted by Crippen LogP contribution is -2.53. The van der Waals surface area contributed by atoms with Gasteiger partial charge in [0.1, 0.15) is 46.6 Å². The lowest BCUT2D eigenvalue weighted by Gasteiger charge is -2.42. The molecular formula is C48H45ClF3N5O14. The van der Waals surface area contributed by atoms with Crippen LogP contribution in [0.5, 0.6) is 28.7 Å². The molecule has 3 aliphatic rings. The highest BCUT2D eigenvalue weighted by atomic mass is 35.5. The van der Waals surface area contributed by atoms with Gasteiger partial charge in [-0.1, -0.05) is 23.7 Å². The molecule has 1 saturated heterocycles. The molecule has 1 aromatic heterocycles. The summed E-state index contributed by atoms with van der Waals surface area (Å²) in [4.78, 5) is 67.4. The van der Waals surface area contributed by atoms with Gasteiger partial charge in [0.25, 0.3) is 5.91 Å². The number of alkyl halides is 3. The molecule has 2 aliphatic carbocycles. The highest BCUT2D eigenvalue weighted by Gasteiger charge is 2.50. The number of anilines is 2. The number of nitrogens with zero attached hydrogens (tertiary/aromatic N) is 1. The van der Waals surface area contributed by atoms with Crippen LogP contribution in [0.15, 0.2) is 79.0 Å². The molecule has 0 bridgehead atoms. The standard InChI is InChI=1S/C27H29NO11.C21H16ClF3N4O3/c1-10-22(31)13(28)6-17(38-10)39-15-8-27(36,16(30)9-29)7-12-19(15)26(35)21-20(24(12)33)23(32)11-4-3-5-14(37-2)18(11)25(21)34;1-26-19(30)18-11-15(8-9-27-18)32-14-5-2-12(3-6-14)28-20(31)29-13-4-7-17(22)16(10-13)21(23,24)25/h3-5,10,13,15,17,22,29,31,33,35-36H,6-9,28H2,1-2H3;2-11H,1H3,(H,26,30)(H2,28,29,31)/t10-,13-,15-,17-,22+,27-;/m0./s1. The maximum Gasteiger partial charge on any atom is 0.417 e. The van der Waals surface area contributed by atoms with Crippen LogP contribution in [0.3, 0.4) is 0 Å². The molecule has 1 fully saturated rings. The van der Waals surface area contributed by atoms with Crippen molar-refractivity contribution in [3.63, 3.8) is 0 Å². The van der Waals surface area contributed by atoms with Crippen molar-refractivity contribution in [3.05, 3.63) is 129 Å². The van der Waals surface area contributed by atoms with Crippen LogP contribution in [-0.4, -0.2) is 111 Å². The number of methoxy groups -OCH3 is 1. The Bertz CT molecular complexity index is 2910. The van der Waals surface area contributed by atoms with E-state index in [9.17, 15) is 62.7 Å². The predicted molar refractivity (Wildman–Crippen MR) is 245 cm³/mol. The number of carbonyl (C=O) groups excluding carboxylic acids is 5. The largest absolute Gasteiger partial charge is 0.507 e. The summed E-state index contributed by atoms with van der Waals surface area (Å²) < 4.78 is 61.5. The van der Waals surface area contributed by atoms with E-state index in [4.69, 9.17) is 36.3 Å². The number of hydrogen-bond donors (Lipinski definition) is 9. The molecule has 374 valence electrons. The smallest absolute Gasteiger partial charge is 0.417 e. The maximum atomic E-state index is 13.6. The lowest BCUT2D eigenvalue weighted by atomic mass is 9.72. The van der Waals surface area contributed by atoms with E-state index in [0.717, 1.165) is 12.1 Å². The van der Waals surface area contributed by atoms with Crippen molar-refractivity contribution in [2.45, 2.75) is 68.6 Å². The summed E-state index contributed by atoms with van der Waals surface area (Å²) in [6.07, 6.45) is -8.33. The Balaban J connectivity index is 0.000000213. The fourth-order valence-electron chi connectivity index (χ4n) is 8.33. The molecule has 3 amide bonds. The number of ketones is 3. The first kappa shape index (κ1) is 51.7. The third kappa shape index (κ3) is 10.6. The molecule has 4 aromatic carbocycles. The number of amides is 3. The van der Waals surface area contributed by atoms with E-state index in [1.165, 1.54) is 50.7 Å². The Hall–Kier alpha value is -7.18. The molecule has 10 N–H and O–H groups in total. The van der Waals surface area contributed by atoms with Crippen LogP contribution >= 0.6 is 11.6 Å². The number of phenolic OH excluding ortho intramolecular Hbond substituents is 2. The summed E-state index contributed by atoms with van der Waals surface area (Å²) in [5.74, 6) is -3.31. The average molecular weight is 1010 g/mol. The van der Waals surface area contributed by atoms with Crippen LogP contribution < -0.4 is 31.2 Å². The molecule has 8 rings (SSSR count). The number of phenols is 2. The number of aliphatic hydroxyl groups excluding tert-OH is 2. The molecule has 23 heteroatoms. The minimum Gasteiger partial charge on any atom is -0.507 e. The summed E-state index contributed by atoms with van der Waals surface area (Å²) in [6.45, 7) is 0.560. The van der Waals surface area contributed by atoms with Crippen LogP contribution in [0.2, 0.25) is 5.02 Å². The van der Waals surface area contributed by atoms with Crippen LogP contribution in [0.1, 0.15) is 84.9 Å². The Kier molecular flexibility index (Phi) is 15.0. The summed E-state index contributed by atoms with van der Waals surface area (Å²) >= 11 is 5.57. The van der Waals surface area contributed by atoms with Gasteiger partial charge in [-0.3, -0.25) is 24.2 Å². The lowest BCUT2D eigenvalue weighted by molar-refractivity contribution is -0.247. The van der Waals surface area contributed by atoms with E-state index < -0.39 is 118 Å². The van der Waals surface area contributed by atoms with Crippen molar-refractivity contribution in [2.24, 2.45) is 5.73 Å². The minimum absolute atomic E-state index is 0.0173. The summed E-state index contributed by atoms with van der Waals surface area (Å²) in [7, 11) is 2.81. The number of urea groups is 1. The minimum atomic E-state index is -4.64. The normalized spacial score (nSPS) is 21.3. The summed E-state index contributed by atoms with van der Waals surface area (Å²) in [5.41, 5.74) is 1.83. The second-order valence-electron chi connectivity index (χ2n) is 16.5. The van der Waals surface area contributed by atoms with Gasteiger partial charge in [0.05, 0.1) is 52.7 Å². The molecule has 0 radical (unpaired) electrons. The third-order valence-corrected chi connectivity index (χ3v) is 12.2. The second kappa shape index (κ2) is 20.7. The zero-order valence-corrected chi connectivity index (χ0v) is 38.4. The molecule has 6 atom stereocenters. The first-order valence-corrected chi connectivity index (χ1v) is 21.9. The van der Waals surface area contributed by atoms with Gasteiger partial charge in [0, 0.05) is 72.7 Å². The summed E-state index contributed by atoms with van der Waals surface area (Å²) in [5, 5.41) is 60.5. The van der Waals surface area contributed by atoms with Crippen molar-refractivity contribution >= 4 is 52.3 Å². The number of fused-ring (bicyclic) bond motifs is 3. The monoisotopic (exact) mass is 1010 g/mol. The van der Waals surface area contributed by atoms with Gasteiger partial charge < -0.3 is 66.2 Å². The number of aliphatic hydroxyl groups is 3. The van der Waals surface area contributed by atoms with Crippen molar-refractivity contribution in [1.82, 2.24) is 10.3 Å². The van der Waals surface area contributed by atoms with E-state index in [1.807, 2.05) is 0 Å². The third-order valence-electron chi connectivity index (χ3n) is 11.9. The number of Topliss-reactive ketones (excluding diaryl/α,β-unsaturated/α-hetero) is 1. The number of aromatic nitrogens is 1. The number of pyridine rings is 1. The fourth-order valence-corrected chi connectivity index (χ4v) is 8.56. The summed E-state index contributed by atoms with van der Waals surface area (Å²) in [6, 6.07) is 15.2. The van der Waals surface area contributed by atoms with Crippen LogP contribution in [0, 0.1) is 0 Å². The molecule has 2 heterocycles. The number of benzene rings is 4. The number of nitrogens with two attached hydrogens (primary N) is 1. The van der Waals surface area contributed by atoms with Gasteiger partial charge in [-0.15, -0.1) is 0 Å². The van der Waals surface area contributed by atoms with Crippen molar-refractivity contribution in [1.29, 1.82) is 0 Å². The van der Waals surface area contributed by atoms with Gasteiger partial charge in [0.2, 0.25) is 5.78 Å². The van der Waals surface area contributed by atoms with E-state index in [1.54, 1.807) is 37.3 Å². The van der Waals surface area contributed by atoms with E-state index in [0.29, 0.717) is 17.2 Å². The zero-order valence-electron chi connectivity index (χ0n) is 37.7. The van der Waals surface area contributed by atoms with Gasteiger partial charge >= 0.3 is 12.2 Å². The molecule has 0 spiro atoms. The first-order chi connectivity index (χ1) is 33.6. The number of hydrogen-bond acceptors (Lipinski definition) is 16. The highest BCUT2D eigenvalue weighted by Crippen LogP contribution is 2.52. The molecule has 0 saturated carbocycles. The number of rotatable bonds is 10. The molecule has 19 nitrogen and oxygen atoms in total. The molecule has 71 heavy (non-hydrogen) atoms. The molecule has 0 unspecified atom stereocenters. The zero-order chi connectivity index (χ0) is 51.7. The van der Waals surface area contributed by atoms with Crippen molar-refractivity contribution in [3.8, 4) is 28.7 Å². The van der Waals surface area contributed by atoms with Crippen molar-refractivity contribution in [2.75, 3.05) is 31.4 Å². The number of nitrogens with one attached hydrogen (secondary N) is 3. The Morgan fingerprint density at radius 2 is 1.62 bits per heavy atom. The topological polar surface area (TPSA) is 298 Å². The molecule has 5 aromatic rings. The number of aromatic hydroxyl groups is 2. The Morgan fingerprint density at radius 1 is 0.944 bits per heavy atom. The Labute approximate surface area is 406 Å². The van der Waals surface area contributed by atoms with Crippen LogP contribution in [0.4, 0.5) is 29.3 Å². The first-order valence-electron chi connectivity index (χ1n) is 21.5. The molecular weight excluding hydrogens is 963 g/mol. The quantitative estimate of drug-likeness (QED) is 0.0760. The van der Waals surface area contributed by atoms with Crippen LogP contribution in [-0.2, 0) is 26.9 Å². The van der Waals surface area contributed by atoms with Gasteiger partial charge in [-0.05, 0) is 61.5 Å². The van der Waals surface area contributed by atoms with Crippen molar-refractivity contribution < 1.29 is 81.6 Å². The highest BCUT2D eigenvalue weighted by molar-refractivity contribution is 6.32. The van der Waals surface area contributed by atoms with E-state index >= 15 is 0 Å². The predicted octanol–water partition coefficient (Wildman–Crippen LogP) is 5.55. The average Bonchev–Trinajstić information content (AvgIpc) is 3.33.